The van der Waals surface area contributed by atoms with E-state index in [1.165, 1.54) is 6.42 Å². The van der Waals surface area contributed by atoms with Crippen LogP contribution in [-0.2, 0) is 9.84 Å². The monoisotopic (exact) mass is 330 g/mol. The molecule has 1 N–H and O–H groups in total. The van der Waals surface area contributed by atoms with Gasteiger partial charge in [0, 0.05) is 46.3 Å². The molecular formula is C15H30N4O2S. The Morgan fingerprint density at radius 3 is 2.32 bits per heavy atom. The Morgan fingerprint density at radius 1 is 1.18 bits per heavy atom. The van der Waals surface area contributed by atoms with E-state index in [9.17, 15) is 8.42 Å². The smallest absolute Gasteiger partial charge is 0.193 e. The summed E-state index contributed by atoms with van der Waals surface area (Å²) in [5.74, 6) is 2.97. The van der Waals surface area contributed by atoms with Crippen LogP contribution in [0, 0.1) is 11.8 Å². The third-order valence-electron chi connectivity index (χ3n) is 4.53. The van der Waals surface area contributed by atoms with Gasteiger partial charge < -0.3 is 10.2 Å². The van der Waals surface area contributed by atoms with Crippen LogP contribution in [0.2, 0.25) is 0 Å². The molecule has 0 bridgehead atoms. The number of guanidine groups is 1. The summed E-state index contributed by atoms with van der Waals surface area (Å²) < 4.78 is 22.8. The molecule has 2 rings (SSSR count). The maximum absolute atomic E-state index is 11.4. The second-order valence-electron chi connectivity index (χ2n) is 6.82. The molecule has 7 heteroatoms. The molecule has 128 valence electrons. The topological polar surface area (TPSA) is 65.0 Å². The minimum Gasteiger partial charge on any atom is -0.355 e. The summed E-state index contributed by atoms with van der Waals surface area (Å²) in [7, 11) is -0.952. The van der Waals surface area contributed by atoms with E-state index in [2.05, 4.69) is 34.0 Å². The summed E-state index contributed by atoms with van der Waals surface area (Å²) in [6, 6.07) is 0. The minimum absolute atomic E-state index is 0.295. The number of nitrogens with one attached hydrogen (secondary N) is 1. The van der Waals surface area contributed by atoms with E-state index in [1.807, 2.05) is 7.05 Å². The fourth-order valence-corrected chi connectivity index (χ4v) is 4.74. The number of hydrogen-bond acceptors (Lipinski definition) is 4. The van der Waals surface area contributed by atoms with Gasteiger partial charge in [-0.3, -0.25) is 9.89 Å². The van der Waals surface area contributed by atoms with E-state index in [0.29, 0.717) is 36.4 Å². The number of piperidine rings is 1. The fraction of sp³-hybridized carbons (Fsp3) is 0.933. The van der Waals surface area contributed by atoms with Crippen molar-refractivity contribution in [2.75, 3.05) is 57.8 Å². The maximum atomic E-state index is 11.4. The molecule has 2 unspecified atom stereocenters. The van der Waals surface area contributed by atoms with E-state index in [1.54, 1.807) is 0 Å². The Kier molecular flexibility index (Phi) is 6.09. The predicted octanol–water partition coefficient (Wildman–Crippen LogP) is 0.270. The number of nitrogens with zero attached hydrogens (tertiary/aromatic N) is 3. The average Bonchev–Trinajstić information content (AvgIpc) is 2.44. The van der Waals surface area contributed by atoms with E-state index < -0.39 is 9.84 Å². The van der Waals surface area contributed by atoms with Gasteiger partial charge in [0.05, 0.1) is 11.5 Å². The van der Waals surface area contributed by atoms with E-state index >= 15 is 0 Å². The average molecular weight is 330 g/mol. The van der Waals surface area contributed by atoms with Gasteiger partial charge in [-0.2, -0.15) is 0 Å². The maximum Gasteiger partial charge on any atom is 0.193 e. The standard InChI is InChI=1S/C15H30N4O2S/c1-13-10-14(2)12-19(11-13)15(16-3)17-4-5-18-6-8-22(20,21)9-7-18/h13-14H,4-12H2,1-3H3,(H,16,17). The lowest BCUT2D eigenvalue weighted by Gasteiger charge is -2.37. The Hall–Kier alpha value is -0.820. The molecule has 2 fully saturated rings. The Morgan fingerprint density at radius 2 is 1.77 bits per heavy atom. The van der Waals surface area contributed by atoms with Crippen LogP contribution in [0.4, 0.5) is 0 Å². The van der Waals surface area contributed by atoms with Crippen LogP contribution >= 0.6 is 0 Å². The summed E-state index contributed by atoms with van der Waals surface area (Å²) >= 11 is 0. The number of rotatable bonds is 3. The van der Waals surface area contributed by atoms with Gasteiger partial charge in [-0.05, 0) is 18.3 Å². The largest absolute Gasteiger partial charge is 0.355 e. The molecular weight excluding hydrogens is 300 g/mol. The van der Waals surface area contributed by atoms with Crippen LogP contribution in [0.15, 0.2) is 4.99 Å². The zero-order chi connectivity index (χ0) is 16.2. The fourth-order valence-electron chi connectivity index (χ4n) is 3.47. The SMILES string of the molecule is CN=C(NCCN1CCS(=O)(=O)CC1)N1CC(C)CC(C)C1. The van der Waals surface area contributed by atoms with Gasteiger partial charge in [-0.25, -0.2) is 8.42 Å². The molecule has 0 saturated carbocycles. The van der Waals surface area contributed by atoms with Gasteiger partial charge in [0.2, 0.25) is 0 Å². The molecule has 0 aromatic rings. The van der Waals surface area contributed by atoms with Crippen molar-refractivity contribution in [3.63, 3.8) is 0 Å². The second-order valence-corrected chi connectivity index (χ2v) is 9.12. The molecule has 22 heavy (non-hydrogen) atoms. The van der Waals surface area contributed by atoms with Crippen molar-refractivity contribution < 1.29 is 8.42 Å². The molecule has 0 aromatic carbocycles. The highest BCUT2D eigenvalue weighted by Crippen LogP contribution is 2.20. The van der Waals surface area contributed by atoms with Crippen LogP contribution in [-0.4, -0.2) is 82.0 Å². The summed E-state index contributed by atoms with van der Waals surface area (Å²) in [5, 5.41) is 3.43. The van der Waals surface area contributed by atoms with Crippen molar-refractivity contribution in [3.05, 3.63) is 0 Å². The van der Waals surface area contributed by atoms with Crippen molar-refractivity contribution in [1.29, 1.82) is 0 Å². The second kappa shape index (κ2) is 7.64. The highest BCUT2D eigenvalue weighted by molar-refractivity contribution is 7.91. The first-order valence-corrected chi connectivity index (χ1v) is 10.1. The molecule has 2 saturated heterocycles. The number of sulfone groups is 1. The third-order valence-corrected chi connectivity index (χ3v) is 6.14. The lowest BCUT2D eigenvalue weighted by molar-refractivity contribution is 0.207. The van der Waals surface area contributed by atoms with Gasteiger partial charge in [0.25, 0.3) is 0 Å². The van der Waals surface area contributed by atoms with Crippen molar-refractivity contribution in [2.24, 2.45) is 16.8 Å². The molecule has 0 radical (unpaired) electrons. The molecule has 0 spiro atoms. The predicted molar refractivity (Wildman–Crippen MR) is 91.0 cm³/mol. The number of hydrogen-bond donors (Lipinski definition) is 1. The Labute approximate surface area is 134 Å². The highest BCUT2D eigenvalue weighted by Gasteiger charge is 2.24. The molecule has 2 aliphatic heterocycles. The first-order valence-electron chi connectivity index (χ1n) is 8.28. The van der Waals surface area contributed by atoms with Gasteiger partial charge in [-0.15, -0.1) is 0 Å². The van der Waals surface area contributed by atoms with Crippen LogP contribution < -0.4 is 5.32 Å². The van der Waals surface area contributed by atoms with Gasteiger partial charge in [-0.1, -0.05) is 13.8 Å². The van der Waals surface area contributed by atoms with Crippen LogP contribution in [0.1, 0.15) is 20.3 Å². The molecule has 2 heterocycles. The summed E-state index contributed by atoms with van der Waals surface area (Å²) in [6.45, 7) is 9.70. The highest BCUT2D eigenvalue weighted by atomic mass is 32.2. The van der Waals surface area contributed by atoms with Gasteiger partial charge in [0.15, 0.2) is 15.8 Å². The quantitative estimate of drug-likeness (QED) is 0.594. The molecule has 6 nitrogen and oxygen atoms in total. The normalized spacial score (nSPS) is 30.3. The zero-order valence-electron chi connectivity index (χ0n) is 14.1. The lowest BCUT2D eigenvalue weighted by atomic mass is 9.92. The summed E-state index contributed by atoms with van der Waals surface area (Å²) in [4.78, 5) is 8.96. The zero-order valence-corrected chi connectivity index (χ0v) is 14.9. The first kappa shape index (κ1) is 17.5. The lowest BCUT2D eigenvalue weighted by Crippen LogP contribution is -2.50. The molecule has 2 aliphatic rings. The van der Waals surface area contributed by atoms with Crippen molar-refractivity contribution in [2.45, 2.75) is 20.3 Å². The number of likely N-dealkylation sites (tertiary alicyclic amines) is 1. The minimum atomic E-state index is -2.79. The molecule has 2 atom stereocenters. The molecule has 0 aromatic heterocycles. The molecule has 0 amide bonds. The van der Waals surface area contributed by atoms with E-state index in [-0.39, 0.29) is 0 Å². The van der Waals surface area contributed by atoms with Gasteiger partial charge >= 0.3 is 0 Å². The summed E-state index contributed by atoms with van der Waals surface area (Å²) in [5.41, 5.74) is 0. The Bertz CT molecular complexity index is 468. The van der Waals surface area contributed by atoms with Crippen LogP contribution in [0.3, 0.4) is 0 Å². The Balaban J connectivity index is 1.75. The summed E-state index contributed by atoms with van der Waals surface area (Å²) in [6.07, 6.45) is 1.29. The van der Waals surface area contributed by atoms with Crippen LogP contribution in [0.25, 0.3) is 0 Å². The van der Waals surface area contributed by atoms with Crippen LogP contribution in [0.5, 0.6) is 0 Å². The van der Waals surface area contributed by atoms with E-state index in [0.717, 1.165) is 32.1 Å². The van der Waals surface area contributed by atoms with Gasteiger partial charge in [0.1, 0.15) is 0 Å². The van der Waals surface area contributed by atoms with Crippen molar-refractivity contribution >= 4 is 15.8 Å². The van der Waals surface area contributed by atoms with Crippen molar-refractivity contribution in [3.8, 4) is 0 Å². The third kappa shape index (κ3) is 5.12. The van der Waals surface area contributed by atoms with E-state index in [4.69, 9.17) is 0 Å². The number of aliphatic imine (C=N–C) groups is 1. The first-order chi connectivity index (χ1) is 10.4. The molecule has 0 aliphatic carbocycles. The van der Waals surface area contributed by atoms with Crippen molar-refractivity contribution in [1.82, 2.24) is 15.1 Å².